The molecule has 0 aromatic carbocycles. The Bertz CT molecular complexity index is 1200. The van der Waals surface area contributed by atoms with Gasteiger partial charge in [0.05, 0.1) is 28.9 Å². The van der Waals surface area contributed by atoms with Gasteiger partial charge in [0.2, 0.25) is 0 Å². The zero-order chi connectivity index (χ0) is 20.1. The van der Waals surface area contributed by atoms with Crippen LogP contribution < -0.4 is 11.1 Å². The third-order valence-corrected chi connectivity index (χ3v) is 4.29. The van der Waals surface area contributed by atoms with Gasteiger partial charge in [-0.25, -0.2) is 19.7 Å². The maximum atomic E-state index is 11.3. The van der Waals surface area contributed by atoms with E-state index in [0.29, 0.717) is 27.9 Å². The van der Waals surface area contributed by atoms with Crippen LogP contribution in [0, 0.1) is 0 Å². The number of anilines is 2. The van der Waals surface area contributed by atoms with Crippen molar-refractivity contribution in [1.82, 2.24) is 23.9 Å². The summed E-state index contributed by atoms with van der Waals surface area (Å²) < 4.78 is 3.59. The zero-order valence-electron chi connectivity index (χ0n) is 15.3. The van der Waals surface area contributed by atoms with Crippen molar-refractivity contribution in [3.05, 3.63) is 37.1 Å². The summed E-state index contributed by atoms with van der Waals surface area (Å²) >= 11 is 0. The number of nitrogen functional groups attached to an aromatic ring is 1. The summed E-state index contributed by atoms with van der Waals surface area (Å²) in [6, 6.07) is 3.57. The van der Waals surface area contributed by atoms with Gasteiger partial charge in [0.25, 0.3) is 0 Å². The van der Waals surface area contributed by atoms with Crippen molar-refractivity contribution in [1.29, 1.82) is 0 Å². The van der Waals surface area contributed by atoms with Crippen LogP contribution >= 0.6 is 0 Å². The van der Waals surface area contributed by atoms with E-state index >= 15 is 0 Å². The number of pyridine rings is 1. The molecule has 4 aromatic rings. The maximum Gasteiger partial charge on any atom is 0.410 e. The van der Waals surface area contributed by atoms with E-state index in [4.69, 9.17) is 5.73 Å². The normalized spacial score (nSPS) is 12.0. The molecule has 0 unspecified atom stereocenters. The summed E-state index contributed by atoms with van der Waals surface area (Å²) in [6.07, 6.45) is 5.28. The van der Waals surface area contributed by atoms with E-state index in [-0.39, 0.29) is 12.4 Å². The average Bonchev–Trinajstić information content (AvgIpc) is 3.20. The van der Waals surface area contributed by atoms with Crippen molar-refractivity contribution >= 4 is 34.3 Å². The van der Waals surface area contributed by atoms with Gasteiger partial charge in [-0.05, 0) is 26.0 Å². The lowest BCUT2D eigenvalue weighted by molar-refractivity contribution is 0.0627. The van der Waals surface area contributed by atoms with Crippen molar-refractivity contribution in [2.45, 2.75) is 26.0 Å². The SMILES string of the molecule is CC(C)(O)Cn1cc(-c2ccc(N)c3nccn23)c2c(NC(=O)O)ncnc21. The second-order valence-electron chi connectivity index (χ2n) is 7.13. The molecule has 0 atom stereocenters. The van der Waals surface area contributed by atoms with Crippen LogP contribution in [-0.2, 0) is 6.54 Å². The molecule has 10 nitrogen and oxygen atoms in total. The molecule has 144 valence electrons. The van der Waals surface area contributed by atoms with Crippen LogP contribution in [0.25, 0.3) is 27.9 Å². The van der Waals surface area contributed by atoms with Gasteiger partial charge in [0.15, 0.2) is 5.65 Å². The van der Waals surface area contributed by atoms with Crippen LogP contribution in [0.5, 0.6) is 0 Å². The lowest BCUT2D eigenvalue weighted by Gasteiger charge is -2.18. The van der Waals surface area contributed by atoms with E-state index in [1.54, 1.807) is 36.9 Å². The van der Waals surface area contributed by atoms with E-state index in [1.165, 1.54) is 6.33 Å². The smallest absolute Gasteiger partial charge is 0.410 e. The Labute approximate surface area is 159 Å². The van der Waals surface area contributed by atoms with Crippen molar-refractivity contribution in [3.63, 3.8) is 0 Å². The molecule has 4 rings (SSSR count). The minimum atomic E-state index is -1.23. The predicted octanol–water partition coefficient (Wildman–Crippen LogP) is 2.19. The molecular weight excluding hydrogens is 362 g/mol. The average molecular weight is 381 g/mol. The van der Waals surface area contributed by atoms with Crippen LogP contribution in [0.15, 0.2) is 37.1 Å². The van der Waals surface area contributed by atoms with Gasteiger partial charge in [-0.1, -0.05) is 0 Å². The molecular formula is C18H19N7O3. The fraction of sp³-hybridized carbons (Fsp3) is 0.222. The van der Waals surface area contributed by atoms with E-state index in [2.05, 4.69) is 20.3 Å². The van der Waals surface area contributed by atoms with Gasteiger partial charge in [-0.2, -0.15) is 0 Å². The Morgan fingerprint density at radius 1 is 1.25 bits per heavy atom. The topological polar surface area (TPSA) is 144 Å². The summed E-state index contributed by atoms with van der Waals surface area (Å²) in [5.41, 5.74) is 8.05. The summed E-state index contributed by atoms with van der Waals surface area (Å²) in [5, 5.41) is 22.4. The molecule has 4 aromatic heterocycles. The summed E-state index contributed by atoms with van der Waals surface area (Å²) in [7, 11) is 0. The van der Waals surface area contributed by atoms with Crippen LogP contribution in [0.2, 0.25) is 0 Å². The number of carboxylic acid groups (broad SMARTS) is 1. The van der Waals surface area contributed by atoms with E-state index < -0.39 is 11.7 Å². The number of nitrogens with one attached hydrogen (secondary N) is 1. The standard InChI is InChI=1S/C18H19N7O3/c1-18(2,28)8-24-7-10(12-4-3-11(19)15-20-5-6-25(12)15)13-14(23-17(26)27)21-9-22-16(13)24/h3-7,9,28H,8,19H2,1-2H3,(H,26,27)(H,21,22,23). The number of nitrogens with two attached hydrogens (primary N) is 1. The van der Waals surface area contributed by atoms with Crippen molar-refractivity contribution in [2.24, 2.45) is 0 Å². The van der Waals surface area contributed by atoms with E-state index in [9.17, 15) is 15.0 Å². The van der Waals surface area contributed by atoms with Gasteiger partial charge >= 0.3 is 6.09 Å². The van der Waals surface area contributed by atoms with Crippen LogP contribution in [0.4, 0.5) is 16.3 Å². The molecule has 0 bridgehead atoms. The summed E-state index contributed by atoms with van der Waals surface area (Å²) in [4.78, 5) is 24.0. The number of aliphatic hydroxyl groups is 1. The van der Waals surface area contributed by atoms with Crippen molar-refractivity contribution in [3.8, 4) is 11.3 Å². The molecule has 5 N–H and O–H groups in total. The second-order valence-corrected chi connectivity index (χ2v) is 7.13. The van der Waals surface area contributed by atoms with Gasteiger partial charge < -0.3 is 20.5 Å². The first-order valence-corrected chi connectivity index (χ1v) is 8.53. The Morgan fingerprint density at radius 3 is 2.75 bits per heavy atom. The fourth-order valence-electron chi connectivity index (χ4n) is 3.31. The minimum Gasteiger partial charge on any atom is -0.465 e. The van der Waals surface area contributed by atoms with Gasteiger partial charge in [-0.15, -0.1) is 0 Å². The summed E-state index contributed by atoms with van der Waals surface area (Å²) in [5.74, 6) is 0.159. The highest BCUT2D eigenvalue weighted by Crippen LogP contribution is 2.35. The number of rotatable bonds is 4. The van der Waals surface area contributed by atoms with Gasteiger partial charge in [0.1, 0.15) is 17.8 Å². The number of nitrogens with zero attached hydrogens (tertiary/aromatic N) is 5. The number of amides is 1. The molecule has 0 aliphatic heterocycles. The van der Waals surface area contributed by atoms with Crippen molar-refractivity contribution < 1.29 is 15.0 Å². The zero-order valence-corrected chi connectivity index (χ0v) is 15.3. The predicted molar refractivity (Wildman–Crippen MR) is 104 cm³/mol. The number of hydrogen-bond acceptors (Lipinski definition) is 6. The Hall–Kier alpha value is -3.66. The molecule has 1 amide bonds. The molecule has 0 radical (unpaired) electrons. The Morgan fingerprint density at radius 2 is 2.04 bits per heavy atom. The van der Waals surface area contributed by atoms with Gasteiger partial charge in [-0.3, -0.25) is 9.72 Å². The van der Waals surface area contributed by atoms with E-state index in [0.717, 1.165) is 5.69 Å². The molecule has 0 saturated carbocycles. The first kappa shape index (κ1) is 17.7. The van der Waals surface area contributed by atoms with Crippen LogP contribution in [0.3, 0.4) is 0 Å². The quantitative estimate of drug-likeness (QED) is 0.424. The van der Waals surface area contributed by atoms with Crippen molar-refractivity contribution in [2.75, 3.05) is 11.1 Å². The van der Waals surface area contributed by atoms with Crippen LogP contribution in [0.1, 0.15) is 13.8 Å². The number of carbonyl (C=O) groups is 1. The molecule has 0 saturated heterocycles. The molecule has 0 aliphatic carbocycles. The Kier molecular flexibility index (Phi) is 3.93. The molecule has 0 fully saturated rings. The highest BCUT2D eigenvalue weighted by Gasteiger charge is 2.22. The number of hydrogen-bond donors (Lipinski definition) is 4. The van der Waals surface area contributed by atoms with Crippen LogP contribution in [-0.4, -0.2) is 45.8 Å². The lowest BCUT2D eigenvalue weighted by atomic mass is 10.1. The molecule has 0 aliphatic rings. The number of fused-ring (bicyclic) bond motifs is 2. The minimum absolute atomic E-state index is 0.159. The fourth-order valence-corrected chi connectivity index (χ4v) is 3.31. The second kappa shape index (κ2) is 6.20. The largest absolute Gasteiger partial charge is 0.465 e. The van der Waals surface area contributed by atoms with E-state index in [1.807, 2.05) is 16.7 Å². The summed E-state index contributed by atoms with van der Waals surface area (Å²) in [6.45, 7) is 3.63. The first-order valence-electron chi connectivity index (χ1n) is 8.53. The Balaban J connectivity index is 2.05. The van der Waals surface area contributed by atoms with Gasteiger partial charge in [0, 0.05) is 24.2 Å². The molecule has 0 spiro atoms. The maximum absolute atomic E-state index is 11.3. The first-order chi connectivity index (χ1) is 13.2. The molecule has 28 heavy (non-hydrogen) atoms. The monoisotopic (exact) mass is 381 g/mol. The third-order valence-electron chi connectivity index (χ3n) is 4.29. The molecule has 10 heteroatoms. The highest BCUT2D eigenvalue weighted by molar-refractivity contribution is 6.04. The lowest BCUT2D eigenvalue weighted by Crippen LogP contribution is -2.25. The molecule has 4 heterocycles. The highest BCUT2D eigenvalue weighted by atomic mass is 16.4. The third kappa shape index (κ3) is 2.99. The number of imidazole rings is 1. The number of aromatic nitrogens is 5.